The van der Waals surface area contributed by atoms with Crippen LogP contribution in [-0.2, 0) is 17.8 Å². The van der Waals surface area contributed by atoms with Crippen LogP contribution >= 0.6 is 22.7 Å². The van der Waals surface area contributed by atoms with Crippen LogP contribution in [0.2, 0.25) is 0 Å². The molecule has 0 saturated carbocycles. The van der Waals surface area contributed by atoms with Gasteiger partial charge in [-0.15, -0.1) is 22.7 Å². The van der Waals surface area contributed by atoms with Crippen molar-refractivity contribution < 1.29 is 14.6 Å². The second-order valence-electron chi connectivity index (χ2n) is 5.75. The van der Waals surface area contributed by atoms with E-state index in [4.69, 9.17) is 4.74 Å². The van der Waals surface area contributed by atoms with E-state index >= 15 is 0 Å². The molecule has 2 aromatic heterocycles. The minimum atomic E-state index is -0.590. The van der Waals surface area contributed by atoms with E-state index in [1.54, 1.807) is 0 Å². The van der Waals surface area contributed by atoms with E-state index < -0.39 is 6.10 Å². The topological polar surface area (TPSA) is 58.6 Å². The lowest BCUT2D eigenvalue weighted by atomic mass is 10.1. The molecule has 1 atom stereocenters. The molecule has 2 heterocycles. The maximum atomic E-state index is 12.1. The number of aliphatic hydroxyl groups excluding tert-OH is 1. The van der Waals surface area contributed by atoms with E-state index in [0.29, 0.717) is 19.6 Å². The number of carbonyl (C=O) groups is 1. The van der Waals surface area contributed by atoms with Crippen LogP contribution in [0, 0.1) is 0 Å². The lowest BCUT2D eigenvalue weighted by molar-refractivity contribution is -0.120. The Morgan fingerprint density at radius 3 is 2.65 bits per heavy atom. The summed E-state index contributed by atoms with van der Waals surface area (Å²) in [5.41, 5.74) is 0.950. The molecule has 0 aliphatic rings. The Hall–Kier alpha value is -2.15. The van der Waals surface area contributed by atoms with Crippen molar-refractivity contribution in [1.29, 1.82) is 0 Å². The molecule has 3 aromatic rings. The van der Waals surface area contributed by atoms with E-state index in [9.17, 15) is 9.90 Å². The molecule has 2 N–H and O–H groups in total. The molecule has 0 bridgehead atoms. The fraction of sp³-hybridized carbons (Fsp3) is 0.250. The fourth-order valence-corrected chi connectivity index (χ4v) is 4.29. The largest absolute Gasteiger partial charge is 0.494 e. The molecule has 1 unspecified atom stereocenters. The fourth-order valence-electron chi connectivity index (χ4n) is 2.53. The normalized spacial score (nSPS) is 11.9. The van der Waals surface area contributed by atoms with Gasteiger partial charge in [-0.05, 0) is 48.2 Å². The molecule has 0 radical (unpaired) electrons. The Labute approximate surface area is 161 Å². The summed E-state index contributed by atoms with van der Waals surface area (Å²) >= 11 is 3.06. The third-order valence-electron chi connectivity index (χ3n) is 3.82. The summed E-state index contributed by atoms with van der Waals surface area (Å²) in [6.45, 7) is 3.04. The quantitative estimate of drug-likeness (QED) is 0.610. The molecular weight excluding hydrogens is 366 g/mol. The highest BCUT2D eigenvalue weighted by Gasteiger charge is 2.14. The second kappa shape index (κ2) is 8.98. The highest BCUT2D eigenvalue weighted by Crippen LogP contribution is 2.30. The van der Waals surface area contributed by atoms with Crippen LogP contribution < -0.4 is 10.1 Å². The van der Waals surface area contributed by atoms with Gasteiger partial charge in [0.25, 0.3) is 0 Å². The van der Waals surface area contributed by atoms with Crippen molar-refractivity contribution in [2.24, 2.45) is 0 Å². The maximum absolute atomic E-state index is 12.1. The number of nitrogens with one attached hydrogen (secondary N) is 1. The SMILES string of the molecule is CCOc1ccc(CC(=O)NCc2ccc(C(O)c3cccs3)s2)cc1. The zero-order chi connectivity index (χ0) is 18.4. The van der Waals surface area contributed by atoms with Crippen LogP contribution in [0.1, 0.15) is 33.2 Å². The molecule has 3 rings (SSSR count). The third-order valence-corrected chi connectivity index (χ3v) is 5.89. The van der Waals surface area contributed by atoms with Crippen LogP contribution in [0.15, 0.2) is 53.9 Å². The van der Waals surface area contributed by atoms with Gasteiger partial charge in [0.2, 0.25) is 5.91 Å². The number of thiophene rings is 2. The average molecular weight is 388 g/mol. The first-order chi connectivity index (χ1) is 12.7. The van der Waals surface area contributed by atoms with Gasteiger partial charge in [-0.2, -0.15) is 0 Å². The average Bonchev–Trinajstić information content (AvgIpc) is 3.33. The summed E-state index contributed by atoms with van der Waals surface area (Å²) in [7, 11) is 0. The van der Waals surface area contributed by atoms with Crippen LogP contribution in [0.25, 0.3) is 0 Å². The standard InChI is InChI=1S/C20H21NO3S2/c1-2-24-15-7-5-14(6-8-15)12-19(22)21-13-16-9-10-18(26-16)20(23)17-4-3-11-25-17/h3-11,20,23H,2,12-13H2,1H3,(H,21,22). The van der Waals surface area contributed by atoms with Gasteiger partial charge >= 0.3 is 0 Å². The highest BCUT2D eigenvalue weighted by molar-refractivity contribution is 7.12. The van der Waals surface area contributed by atoms with Crippen molar-refractivity contribution in [2.75, 3.05) is 6.61 Å². The molecule has 0 saturated heterocycles. The van der Waals surface area contributed by atoms with Crippen molar-refractivity contribution in [1.82, 2.24) is 5.32 Å². The minimum absolute atomic E-state index is 0.0251. The van der Waals surface area contributed by atoms with Crippen molar-refractivity contribution in [3.8, 4) is 5.75 Å². The summed E-state index contributed by atoms with van der Waals surface area (Å²) in [4.78, 5) is 15.0. The van der Waals surface area contributed by atoms with E-state index in [-0.39, 0.29) is 5.91 Å². The van der Waals surface area contributed by atoms with Gasteiger partial charge in [0.1, 0.15) is 11.9 Å². The molecule has 4 nitrogen and oxygen atoms in total. The first kappa shape index (κ1) is 18.6. The molecular formula is C20H21NO3S2. The number of hydrogen-bond donors (Lipinski definition) is 2. The van der Waals surface area contributed by atoms with Crippen molar-refractivity contribution >= 4 is 28.6 Å². The van der Waals surface area contributed by atoms with Crippen LogP contribution in [0.4, 0.5) is 0 Å². The Bertz CT molecular complexity index is 825. The zero-order valence-electron chi connectivity index (χ0n) is 14.5. The number of amides is 1. The lowest BCUT2D eigenvalue weighted by Crippen LogP contribution is -2.24. The number of rotatable bonds is 8. The molecule has 26 heavy (non-hydrogen) atoms. The molecule has 1 amide bonds. The van der Waals surface area contributed by atoms with Gasteiger partial charge in [0.15, 0.2) is 0 Å². The zero-order valence-corrected chi connectivity index (χ0v) is 16.1. The molecule has 0 spiro atoms. The predicted molar refractivity (Wildman–Crippen MR) is 106 cm³/mol. The molecule has 0 aliphatic carbocycles. The maximum Gasteiger partial charge on any atom is 0.224 e. The highest BCUT2D eigenvalue weighted by atomic mass is 32.1. The first-order valence-electron chi connectivity index (χ1n) is 8.44. The van der Waals surface area contributed by atoms with E-state index in [1.165, 1.54) is 22.7 Å². The predicted octanol–water partition coefficient (Wildman–Crippen LogP) is 4.15. The van der Waals surface area contributed by atoms with Gasteiger partial charge in [-0.3, -0.25) is 4.79 Å². The number of hydrogen-bond acceptors (Lipinski definition) is 5. The van der Waals surface area contributed by atoms with E-state index in [1.807, 2.05) is 60.8 Å². The number of benzene rings is 1. The molecule has 0 aliphatic heterocycles. The third kappa shape index (κ3) is 4.94. The Morgan fingerprint density at radius 1 is 1.15 bits per heavy atom. The summed E-state index contributed by atoms with van der Waals surface area (Å²) in [6.07, 6.45) is -0.254. The Balaban J connectivity index is 1.50. The van der Waals surface area contributed by atoms with Crippen molar-refractivity contribution in [3.05, 3.63) is 74.1 Å². The van der Waals surface area contributed by atoms with Crippen LogP contribution in [-0.4, -0.2) is 17.6 Å². The summed E-state index contributed by atoms with van der Waals surface area (Å²) < 4.78 is 5.40. The number of aliphatic hydroxyl groups is 1. The summed E-state index contributed by atoms with van der Waals surface area (Å²) in [6, 6.07) is 15.3. The van der Waals surface area contributed by atoms with Crippen LogP contribution in [0.3, 0.4) is 0 Å². The van der Waals surface area contributed by atoms with E-state index in [0.717, 1.165) is 25.9 Å². The van der Waals surface area contributed by atoms with Crippen molar-refractivity contribution in [3.63, 3.8) is 0 Å². The molecule has 6 heteroatoms. The summed E-state index contributed by atoms with van der Waals surface area (Å²) in [5, 5.41) is 15.2. The second-order valence-corrected chi connectivity index (χ2v) is 7.93. The number of ether oxygens (including phenoxy) is 1. The monoisotopic (exact) mass is 387 g/mol. The first-order valence-corrected chi connectivity index (χ1v) is 10.1. The van der Waals surface area contributed by atoms with Crippen LogP contribution in [0.5, 0.6) is 5.75 Å². The van der Waals surface area contributed by atoms with Gasteiger partial charge in [0, 0.05) is 14.6 Å². The number of carbonyl (C=O) groups excluding carboxylic acids is 1. The molecule has 1 aromatic carbocycles. The van der Waals surface area contributed by atoms with Crippen molar-refractivity contribution in [2.45, 2.75) is 26.0 Å². The Kier molecular flexibility index (Phi) is 6.44. The molecule has 136 valence electrons. The van der Waals surface area contributed by atoms with Gasteiger partial charge in [0.05, 0.1) is 19.6 Å². The van der Waals surface area contributed by atoms with Gasteiger partial charge in [-0.1, -0.05) is 18.2 Å². The smallest absolute Gasteiger partial charge is 0.224 e. The lowest BCUT2D eigenvalue weighted by Gasteiger charge is -2.06. The van der Waals surface area contributed by atoms with Gasteiger partial charge in [-0.25, -0.2) is 0 Å². The minimum Gasteiger partial charge on any atom is -0.494 e. The van der Waals surface area contributed by atoms with E-state index in [2.05, 4.69) is 5.32 Å². The Morgan fingerprint density at radius 2 is 1.96 bits per heavy atom. The summed E-state index contributed by atoms with van der Waals surface area (Å²) in [5.74, 6) is 0.787. The van der Waals surface area contributed by atoms with Gasteiger partial charge < -0.3 is 15.2 Å². The molecule has 0 fully saturated rings.